The minimum Gasteiger partial charge on any atom is -0.550 e. The van der Waals surface area contributed by atoms with E-state index in [0.29, 0.717) is 0 Å². The van der Waals surface area contributed by atoms with Crippen molar-refractivity contribution in [1.82, 2.24) is 5.32 Å². The molecule has 2 saturated heterocycles. The van der Waals surface area contributed by atoms with Gasteiger partial charge in [-0.25, -0.2) is 4.79 Å². The summed E-state index contributed by atoms with van der Waals surface area (Å²) < 4.78 is 27.6. The summed E-state index contributed by atoms with van der Waals surface area (Å²) in [4.78, 5) is 29.7. The molecule has 19 nitrogen and oxygen atoms in total. The van der Waals surface area contributed by atoms with E-state index in [1.165, 1.54) is 30.6 Å². The number of nitrogens with two attached hydrogens (primary N) is 2. The van der Waals surface area contributed by atoms with Crippen LogP contribution >= 0.6 is 0 Å². The van der Waals surface area contributed by atoms with Crippen LogP contribution in [0.15, 0.2) is 41.6 Å². The summed E-state index contributed by atoms with van der Waals surface area (Å²) in [6, 6.07) is -0.881. The van der Waals surface area contributed by atoms with Gasteiger partial charge in [0.15, 0.2) is 25.1 Å². The number of aliphatic imine (C=N–C) groups is 1. The molecule has 11 unspecified atom stereocenters. The largest absolute Gasteiger partial charge is 0.550 e. The first-order valence-electron chi connectivity index (χ1n) is 15.3. The molecule has 0 saturated carbocycles. The van der Waals surface area contributed by atoms with E-state index in [1.807, 2.05) is 0 Å². The van der Waals surface area contributed by atoms with Crippen LogP contribution in [0.3, 0.4) is 0 Å². The van der Waals surface area contributed by atoms with E-state index in [9.17, 15) is 45.3 Å². The van der Waals surface area contributed by atoms with Gasteiger partial charge in [0.2, 0.25) is 12.1 Å². The number of piperidine rings is 1. The summed E-state index contributed by atoms with van der Waals surface area (Å²) in [5.74, 6) is -8.53. The van der Waals surface area contributed by atoms with Crippen LogP contribution in [0.5, 0.6) is 0 Å². The molecule has 3 aliphatic rings. The Hall–Kier alpha value is -3.21. The van der Waals surface area contributed by atoms with Crippen molar-refractivity contribution in [2.45, 2.75) is 48.3 Å². The second-order valence-electron chi connectivity index (χ2n) is 11.7. The number of aliphatic hydroxyl groups is 6. The van der Waals surface area contributed by atoms with E-state index in [0.717, 1.165) is 18.3 Å². The van der Waals surface area contributed by atoms with Crippen LogP contribution in [0.2, 0.25) is 0 Å². The molecule has 0 aliphatic carbocycles. The molecule has 0 aromatic carbocycles. The molecule has 48 heavy (non-hydrogen) atoms. The number of guanidine groups is 1. The number of quaternary nitrogens is 2. The standard InChI is InChI=1S/C29H47N5O14/c1-5-17-25(48-26-22(46-14-31-2)29(42,43)21(37)19(12-36)47-26)45-13-18(24(40)44-4)28(17,41)7-6-15-10-34(8-9-35)11-16(23(38)39)20(15)33-27(30)32-3/h5-7,13,15-17,19-22,25-26,31,35-37,41-43H,1,8-12,14H2,2-4H3,(H,38,39)(H3,30,32,33)/p+1. The fourth-order valence-electron chi connectivity index (χ4n) is 6.14. The van der Waals surface area contributed by atoms with Gasteiger partial charge >= 0.3 is 5.97 Å². The van der Waals surface area contributed by atoms with Crippen LogP contribution in [0.25, 0.3) is 0 Å². The van der Waals surface area contributed by atoms with Gasteiger partial charge in [0, 0.05) is 13.0 Å². The number of rotatable bonds is 14. The summed E-state index contributed by atoms with van der Waals surface area (Å²) in [5.41, 5.74) is 3.21. The number of nitrogens with zero attached hydrogens (tertiary/aromatic N) is 1. The summed E-state index contributed by atoms with van der Waals surface area (Å²) in [6.07, 6.45) is -3.75. The van der Waals surface area contributed by atoms with Gasteiger partial charge in [-0.1, -0.05) is 18.2 Å². The van der Waals surface area contributed by atoms with Gasteiger partial charge in [-0.2, -0.15) is 0 Å². The third-order valence-corrected chi connectivity index (χ3v) is 8.71. The second kappa shape index (κ2) is 16.9. The molecular weight excluding hydrogens is 642 g/mol. The average Bonchev–Trinajstić information content (AvgIpc) is 3.05. The summed E-state index contributed by atoms with van der Waals surface area (Å²) in [6.45, 7) is 3.15. The number of aliphatic hydroxyl groups excluding tert-OH is 3. The molecule has 0 amide bonds. The Morgan fingerprint density at radius 2 is 2.00 bits per heavy atom. The Bertz CT molecular complexity index is 1220. The lowest BCUT2D eigenvalue weighted by atomic mass is 9.76. The van der Waals surface area contributed by atoms with Gasteiger partial charge in [-0.15, -0.1) is 6.58 Å². The molecule has 2 fully saturated rings. The highest BCUT2D eigenvalue weighted by molar-refractivity contribution is 5.91. The van der Waals surface area contributed by atoms with Gasteiger partial charge in [0.1, 0.15) is 36.2 Å². The van der Waals surface area contributed by atoms with Gasteiger partial charge in [-0.05, 0) is 0 Å². The van der Waals surface area contributed by atoms with E-state index >= 15 is 0 Å². The van der Waals surface area contributed by atoms with Crippen LogP contribution in [0, 0.1) is 17.8 Å². The normalized spacial score (nSPS) is 36.9. The Kier molecular flexibility index (Phi) is 13.8. The molecule has 0 aromatic rings. The molecule has 12 N–H and O–H groups in total. The number of ether oxygens (including phenoxy) is 5. The third-order valence-electron chi connectivity index (χ3n) is 8.71. The maximum atomic E-state index is 12.9. The van der Waals surface area contributed by atoms with Gasteiger partial charge in [-0.3, -0.25) is 4.99 Å². The molecule has 272 valence electrons. The number of aliphatic carboxylic acids is 1. The van der Waals surface area contributed by atoms with Crippen molar-refractivity contribution >= 4 is 17.9 Å². The Morgan fingerprint density at radius 3 is 2.56 bits per heavy atom. The summed E-state index contributed by atoms with van der Waals surface area (Å²) >= 11 is 0. The number of carbonyl (C=O) groups excluding carboxylic acids is 2. The second-order valence-corrected chi connectivity index (χ2v) is 11.7. The van der Waals surface area contributed by atoms with Crippen LogP contribution in [-0.2, 0) is 33.3 Å². The summed E-state index contributed by atoms with van der Waals surface area (Å²) in [7, 11) is 4.12. The van der Waals surface area contributed by atoms with Crippen molar-refractivity contribution in [2.24, 2.45) is 28.5 Å². The summed E-state index contributed by atoms with van der Waals surface area (Å²) in [5, 5.41) is 80.2. The van der Waals surface area contributed by atoms with Crippen molar-refractivity contribution in [3.63, 3.8) is 0 Å². The number of hydrogen-bond acceptors (Lipinski definition) is 15. The molecule has 11 atom stereocenters. The molecule has 0 bridgehead atoms. The fourth-order valence-corrected chi connectivity index (χ4v) is 6.14. The minimum atomic E-state index is -2.97. The number of carbonyl (C=O) groups is 2. The van der Waals surface area contributed by atoms with Crippen LogP contribution in [0.1, 0.15) is 0 Å². The highest BCUT2D eigenvalue weighted by Gasteiger charge is 2.58. The van der Waals surface area contributed by atoms with Crippen molar-refractivity contribution in [3.8, 4) is 0 Å². The highest BCUT2D eigenvalue weighted by Crippen LogP contribution is 2.40. The molecule has 0 radical (unpaired) electrons. The van der Waals surface area contributed by atoms with E-state index in [4.69, 9.17) is 29.4 Å². The van der Waals surface area contributed by atoms with E-state index in [2.05, 4.69) is 16.9 Å². The van der Waals surface area contributed by atoms with Gasteiger partial charge < -0.3 is 85.5 Å². The van der Waals surface area contributed by atoms with Crippen molar-refractivity contribution in [2.75, 3.05) is 60.8 Å². The molecule has 3 aliphatic heterocycles. The molecule has 0 aromatic heterocycles. The number of esters is 1. The van der Waals surface area contributed by atoms with Crippen LogP contribution in [-0.4, -0.2) is 158 Å². The predicted octanol–water partition coefficient (Wildman–Crippen LogP) is -8.42. The van der Waals surface area contributed by atoms with Crippen LogP contribution in [0.4, 0.5) is 0 Å². The lowest BCUT2D eigenvalue weighted by Gasteiger charge is -2.48. The zero-order chi connectivity index (χ0) is 35.8. The maximum absolute atomic E-state index is 12.9. The third kappa shape index (κ3) is 8.32. The predicted molar refractivity (Wildman–Crippen MR) is 159 cm³/mol. The first kappa shape index (κ1) is 39.2. The number of carboxylic acid groups (broad SMARTS) is 1. The number of likely N-dealkylation sites (tertiary alicyclic amines) is 1. The number of nitrogens with one attached hydrogen (secondary N) is 2. The Balaban J connectivity index is 2.06. The first-order valence-corrected chi connectivity index (χ1v) is 15.3. The average molecular weight is 691 g/mol. The van der Waals surface area contributed by atoms with Gasteiger partial charge in [0.25, 0.3) is 0 Å². The van der Waals surface area contributed by atoms with E-state index < -0.39 is 90.2 Å². The molecule has 19 heteroatoms. The molecular formula is C29H48N5O14+. The number of hydrogen-bond donors (Lipinski definition) is 10. The maximum Gasteiger partial charge on any atom is 0.340 e. The quantitative estimate of drug-likeness (QED) is 0.0266. The van der Waals surface area contributed by atoms with Crippen LogP contribution < -0.4 is 26.4 Å². The molecule has 3 rings (SSSR count). The number of carboxylic acids is 1. The lowest BCUT2D eigenvalue weighted by Crippen LogP contribution is -3.16. The van der Waals surface area contributed by atoms with Crippen molar-refractivity contribution < 1.29 is 79.2 Å². The minimum absolute atomic E-state index is 0.0484. The zero-order valence-electron chi connectivity index (χ0n) is 27.0. The lowest BCUT2D eigenvalue weighted by molar-refractivity contribution is -0.911. The monoisotopic (exact) mass is 690 g/mol. The Morgan fingerprint density at radius 1 is 1.29 bits per heavy atom. The highest BCUT2D eigenvalue weighted by atomic mass is 16.8. The smallest absolute Gasteiger partial charge is 0.340 e. The Labute approximate surface area is 276 Å². The molecule has 3 heterocycles. The zero-order valence-corrected chi connectivity index (χ0v) is 27.0. The SMILES string of the molecule is C=CC1C(OC2OC(CO)C(O)C(O)(O)C2OC[NH2+]C)OC=C(C(=O)OC)C1(O)C=CC1C[NH+](CCO)CC(C(=O)[O-])C1NC(N)=NC. The first-order chi connectivity index (χ1) is 22.7. The fraction of sp³-hybridized carbons (Fsp3) is 0.690. The molecule has 0 spiro atoms. The van der Waals surface area contributed by atoms with E-state index in [-0.39, 0.29) is 38.9 Å². The topological polar surface area (TPSA) is 296 Å². The van der Waals surface area contributed by atoms with Crippen molar-refractivity contribution in [3.05, 3.63) is 36.6 Å². The van der Waals surface area contributed by atoms with Gasteiger partial charge in [0.05, 0.1) is 64.3 Å². The van der Waals surface area contributed by atoms with E-state index in [1.54, 1.807) is 7.05 Å². The van der Waals surface area contributed by atoms with Crippen molar-refractivity contribution in [1.29, 1.82) is 0 Å². The number of methoxy groups -OCH3 is 1.